The van der Waals surface area contributed by atoms with E-state index in [1.165, 1.54) is 11.1 Å². The van der Waals surface area contributed by atoms with Gasteiger partial charge in [-0.15, -0.1) is 0 Å². The average molecular weight is 326 g/mol. The predicted octanol–water partition coefficient (Wildman–Crippen LogP) is 2.47. The molecule has 1 aromatic carbocycles. The molecule has 1 atom stereocenters. The van der Waals surface area contributed by atoms with Crippen LogP contribution in [0.25, 0.3) is 0 Å². The molecule has 0 spiro atoms. The molecule has 0 aliphatic carbocycles. The third-order valence-electron chi connectivity index (χ3n) is 3.59. The lowest BCUT2D eigenvalue weighted by Crippen LogP contribution is -2.46. The zero-order chi connectivity index (χ0) is 13.8. The summed E-state index contributed by atoms with van der Waals surface area (Å²) in [4.78, 5) is 14.2. The van der Waals surface area contributed by atoms with Crippen LogP contribution in [0, 0.1) is 13.8 Å². The fraction of sp³-hybridized carbons (Fsp3) is 0.533. The summed E-state index contributed by atoms with van der Waals surface area (Å²) < 4.78 is 5.55. The van der Waals surface area contributed by atoms with E-state index in [2.05, 4.69) is 41.9 Å². The van der Waals surface area contributed by atoms with Crippen molar-refractivity contribution in [3.8, 4) is 0 Å². The maximum atomic E-state index is 12.3. The summed E-state index contributed by atoms with van der Waals surface area (Å²) in [5, 5.41) is 0.778. The minimum Gasteiger partial charge on any atom is -0.374 e. The number of carbonyl (C=O) groups excluding carboxylic acids is 1. The first-order valence-electron chi connectivity index (χ1n) is 6.61. The molecule has 1 aliphatic heterocycles. The first-order chi connectivity index (χ1) is 9.10. The van der Waals surface area contributed by atoms with Gasteiger partial charge < -0.3 is 9.64 Å². The van der Waals surface area contributed by atoms with Gasteiger partial charge in [0.2, 0.25) is 5.91 Å². The molecule has 3 nitrogen and oxygen atoms in total. The highest BCUT2D eigenvalue weighted by Crippen LogP contribution is 2.13. The summed E-state index contributed by atoms with van der Waals surface area (Å²) in [5.41, 5.74) is 3.60. The van der Waals surface area contributed by atoms with Crippen LogP contribution in [0.5, 0.6) is 0 Å². The monoisotopic (exact) mass is 325 g/mol. The lowest BCUT2D eigenvalue weighted by molar-refractivity contribution is -0.137. The first kappa shape index (κ1) is 14.5. The van der Waals surface area contributed by atoms with E-state index < -0.39 is 0 Å². The van der Waals surface area contributed by atoms with E-state index in [-0.39, 0.29) is 12.0 Å². The average Bonchev–Trinajstić information content (AvgIpc) is 2.43. The number of carbonyl (C=O) groups is 1. The normalized spacial score (nSPS) is 19.5. The van der Waals surface area contributed by atoms with Crippen molar-refractivity contribution >= 4 is 21.8 Å². The van der Waals surface area contributed by atoms with E-state index in [0.29, 0.717) is 26.1 Å². The van der Waals surface area contributed by atoms with Gasteiger partial charge in [0.05, 0.1) is 19.1 Å². The Morgan fingerprint density at radius 1 is 1.42 bits per heavy atom. The molecule has 4 heteroatoms. The summed E-state index contributed by atoms with van der Waals surface area (Å²) in [7, 11) is 0. The molecule has 104 valence electrons. The van der Waals surface area contributed by atoms with Crippen molar-refractivity contribution in [2.45, 2.75) is 26.4 Å². The van der Waals surface area contributed by atoms with Crippen LogP contribution in [0.1, 0.15) is 16.7 Å². The Morgan fingerprint density at radius 2 is 2.21 bits per heavy atom. The van der Waals surface area contributed by atoms with Gasteiger partial charge >= 0.3 is 0 Å². The van der Waals surface area contributed by atoms with Crippen LogP contribution in [0.4, 0.5) is 0 Å². The van der Waals surface area contributed by atoms with E-state index in [1.54, 1.807) is 0 Å². The molecule has 1 unspecified atom stereocenters. The SMILES string of the molecule is Cc1ccc(CC(=O)N2CCOC(CBr)C2)cc1C. The first-order valence-corrected chi connectivity index (χ1v) is 7.73. The van der Waals surface area contributed by atoms with Crippen LogP contribution in [-0.4, -0.2) is 41.9 Å². The van der Waals surface area contributed by atoms with Crippen molar-refractivity contribution in [2.24, 2.45) is 0 Å². The van der Waals surface area contributed by atoms with Crippen LogP contribution in [0.3, 0.4) is 0 Å². The number of amides is 1. The van der Waals surface area contributed by atoms with E-state index >= 15 is 0 Å². The van der Waals surface area contributed by atoms with Gasteiger partial charge in [0.25, 0.3) is 0 Å². The molecule has 1 saturated heterocycles. The fourth-order valence-electron chi connectivity index (χ4n) is 2.24. The standard InChI is InChI=1S/C15H20BrNO2/c1-11-3-4-13(7-12(11)2)8-15(18)17-5-6-19-14(9-16)10-17/h3-4,7,14H,5-6,8-10H2,1-2H3. The van der Waals surface area contributed by atoms with Crippen molar-refractivity contribution in [1.29, 1.82) is 0 Å². The molecule has 0 bridgehead atoms. The zero-order valence-corrected chi connectivity index (χ0v) is 13.1. The highest BCUT2D eigenvalue weighted by molar-refractivity contribution is 9.09. The van der Waals surface area contributed by atoms with E-state index in [0.717, 1.165) is 10.9 Å². The number of halogens is 1. The quantitative estimate of drug-likeness (QED) is 0.799. The number of alkyl halides is 1. The molecule has 0 aromatic heterocycles. The molecular formula is C15H20BrNO2. The highest BCUT2D eigenvalue weighted by atomic mass is 79.9. The maximum absolute atomic E-state index is 12.3. The second-order valence-electron chi connectivity index (χ2n) is 5.08. The number of aryl methyl sites for hydroxylation is 2. The van der Waals surface area contributed by atoms with Crippen molar-refractivity contribution < 1.29 is 9.53 Å². The number of morpholine rings is 1. The molecule has 1 aromatic rings. The summed E-state index contributed by atoms with van der Waals surface area (Å²) in [6.45, 7) is 6.19. The van der Waals surface area contributed by atoms with Gasteiger partial charge in [0.1, 0.15) is 0 Å². The number of ether oxygens (including phenoxy) is 1. The van der Waals surface area contributed by atoms with Crippen molar-refractivity contribution in [1.82, 2.24) is 4.90 Å². The Hall–Kier alpha value is -0.870. The third kappa shape index (κ3) is 3.80. The van der Waals surface area contributed by atoms with Gasteiger partial charge in [-0.05, 0) is 30.5 Å². The highest BCUT2D eigenvalue weighted by Gasteiger charge is 2.23. The molecule has 2 rings (SSSR count). The fourth-order valence-corrected chi connectivity index (χ4v) is 2.63. The Balaban J connectivity index is 1.98. The molecule has 19 heavy (non-hydrogen) atoms. The van der Waals surface area contributed by atoms with Gasteiger partial charge in [-0.3, -0.25) is 4.79 Å². The van der Waals surface area contributed by atoms with Gasteiger partial charge in [-0.1, -0.05) is 34.1 Å². The molecule has 1 fully saturated rings. The van der Waals surface area contributed by atoms with E-state index in [4.69, 9.17) is 4.74 Å². The van der Waals surface area contributed by atoms with Gasteiger partial charge in [0.15, 0.2) is 0 Å². The van der Waals surface area contributed by atoms with Gasteiger partial charge in [-0.25, -0.2) is 0 Å². The summed E-state index contributed by atoms with van der Waals surface area (Å²) in [5.74, 6) is 0.192. The van der Waals surface area contributed by atoms with Crippen LogP contribution < -0.4 is 0 Å². The molecule has 0 N–H and O–H groups in total. The Kier molecular flexibility index (Phi) is 4.99. The summed E-state index contributed by atoms with van der Waals surface area (Å²) in [6, 6.07) is 6.23. The van der Waals surface area contributed by atoms with Crippen LogP contribution in [0.15, 0.2) is 18.2 Å². The summed E-state index contributed by atoms with van der Waals surface area (Å²) >= 11 is 3.41. The summed E-state index contributed by atoms with van der Waals surface area (Å²) in [6.07, 6.45) is 0.605. The number of rotatable bonds is 3. The second-order valence-corrected chi connectivity index (χ2v) is 5.73. The van der Waals surface area contributed by atoms with Crippen LogP contribution in [-0.2, 0) is 16.0 Å². The topological polar surface area (TPSA) is 29.5 Å². The molecule has 0 saturated carbocycles. The number of hydrogen-bond donors (Lipinski definition) is 0. The smallest absolute Gasteiger partial charge is 0.227 e. The Bertz CT molecular complexity index is 461. The molecular weight excluding hydrogens is 306 g/mol. The minimum absolute atomic E-state index is 0.123. The molecule has 1 amide bonds. The largest absolute Gasteiger partial charge is 0.374 e. The zero-order valence-electron chi connectivity index (χ0n) is 11.5. The molecule has 0 radical (unpaired) electrons. The van der Waals surface area contributed by atoms with Crippen molar-refractivity contribution in [3.05, 3.63) is 34.9 Å². The lowest BCUT2D eigenvalue weighted by Gasteiger charge is -2.32. The lowest BCUT2D eigenvalue weighted by atomic mass is 10.0. The van der Waals surface area contributed by atoms with E-state index in [1.807, 2.05) is 11.0 Å². The van der Waals surface area contributed by atoms with Crippen LogP contribution in [0.2, 0.25) is 0 Å². The van der Waals surface area contributed by atoms with Crippen LogP contribution >= 0.6 is 15.9 Å². The second kappa shape index (κ2) is 6.53. The third-order valence-corrected chi connectivity index (χ3v) is 4.31. The van der Waals surface area contributed by atoms with Gasteiger partial charge in [0, 0.05) is 18.4 Å². The Labute approximate surface area is 123 Å². The predicted molar refractivity (Wildman–Crippen MR) is 79.7 cm³/mol. The Morgan fingerprint density at radius 3 is 2.89 bits per heavy atom. The van der Waals surface area contributed by atoms with E-state index in [9.17, 15) is 4.79 Å². The number of hydrogen-bond acceptors (Lipinski definition) is 2. The van der Waals surface area contributed by atoms with Gasteiger partial charge in [-0.2, -0.15) is 0 Å². The number of nitrogens with zero attached hydrogens (tertiary/aromatic N) is 1. The van der Waals surface area contributed by atoms with Crippen molar-refractivity contribution in [3.63, 3.8) is 0 Å². The minimum atomic E-state index is 0.123. The molecule has 1 aliphatic rings. The maximum Gasteiger partial charge on any atom is 0.227 e. The molecule has 1 heterocycles. The number of benzene rings is 1. The van der Waals surface area contributed by atoms with Crippen molar-refractivity contribution in [2.75, 3.05) is 25.0 Å².